The molecule has 1 aromatic rings. The van der Waals surface area contributed by atoms with Crippen molar-refractivity contribution in [3.8, 4) is 5.75 Å². The topological polar surface area (TPSA) is 9.23 Å². The molecule has 0 saturated heterocycles. The molecule has 0 bridgehead atoms. The number of allylic oxidation sites excluding steroid dienone is 1. The summed E-state index contributed by atoms with van der Waals surface area (Å²) < 4.78 is 18.2. The van der Waals surface area contributed by atoms with Gasteiger partial charge in [-0.15, -0.1) is 0 Å². The lowest BCUT2D eigenvalue weighted by atomic mass is 10.1. The van der Waals surface area contributed by atoms with E-state index in [1.165, 1.54) is 13.2 Å². The van der Waals surface area contributed by atoms with Gasteiger partial charge in [-0.2, -0.15) is 0 Å². The summed E-state index contributed by atoms with van der Waals surface area (Å²) in [6, 6.07) is 4.73. The molecular weight excluding hydrogens is 235 g/mol. The van der Waals surface area contributed by atoms with Crippen LogP contribution >= 0.6 is 15.9 Å². The first kappa shape index (κ1) is 10.3. The fourth-order valence-electron chi connectivity index (χ4n) is 0.982. The van der Waals surface area contributed by atoms with Crippen LogP contribution in [-0.2, 0) is 0 Å². The predicted octanol–water partition coefficient (Wildman–Crippen LogP) is 3.24. The minimum absolute atomic E-state index is 0.302. The molecule has 0 aliphatic carbocycles. The summed E-state index contributed by atoms with van der Waals surface area (Å²) in [5, 5.41) is 0.566. The SMILES string of the molecule is C=C(CBr)c1ccc(OC)cc1F. The van der Waals surface area contributed by atoms with E-state index >= 15 is 0 Å². The van der Waals surface area contributed by atoms with E-state index in [1.54, 1.807) is 12.1 Å². The number of methoxy groups -OCH3 is 1. The van der Waals surface area contributed by atoms with Gasteiger partial charge in [-0.05, 0) is 17.7 Å². The molecule has 1 nitrogen and oxygen atoms in total. The van der Waals surface area contributed by atoms with Crippen molar-refractivity contribution in [3.05, 3.63) is 36.2 Å². The lowest BCUT2D eigenvalue weighted by Gasteiger charge is -2.05. The maximum absolute atomic E-state index is 13.3. The Hall–Kier alpha value is -0.830. The maximum Gasteiger partial charge on any atom is 0.134 e. The van der Waals surface area contributed by atoms with E-state index in [0.29, 0.717) is 16.6 Å². The van der Waals surface area contributed by atoms with Crippen LogP contribution in [0.25, 0.3) is 5.57 Å². The summed E-state index contributed by atoms with van der Waals surface area (Å²) in [6.45, 7) is 3.73. The van der Waals surface area contributed by atoms with Crippen LogP contribution in [0.4, 0.5) is 4.39 Å². The highest BCUT2D eigenvalue weighted by molar-refractivity contribution is 9.09. The van der Waals surface area contributed by atoms with Crippen molar-refractivity contribution >= 4 is 21.5 Å². The van der Waals surface area contributed by atoms with Crippen molar-refractivity contribution in [2.75, 3.05) is 12.4 Å². The summed E-state index contributed by atoms with van der Waals surface area (Å²) in [6.07, 6.45) is 0. The summed E-state index contributed by atoms with van der Waals surface area (Å²) in [5.74, 6) is 0.215. The molecule has 0 aliphatic heterocycles. The summed E-state index contributed by atoms with van der Waals surface area (Å²) in [5.41, 5.74) is 1.25. The summed E-state index contributed by atoms with van der Waals surface area (Å²) in [7, 11) is 1.51. The van der Waals surface area contributed by atoms with Crippen molar-refractivity contribution in [1.29, 1.82) is 0 Å². The first-order chi connectivity index (χ1) is 6.19. The van der Waals surface area contributed by atoms with Crippen molar-refractivity contribution in [2.24, 2.45) is 0 Å². The van der Waals surface area contributed by atoms with E-state index in [0.717, 1.165) is 5.57 Å². The Kier molecular flexibility index (Phi) is 3.48. The molecule has 0 aliphatic rings. The fourth-order valence-corrected chi connectivity index (χ4v) is 1.28. The molecule has 70 valence electrons. The van der Waals surface area contributed by atoms with Gasteiger partial charge in [0, 0.05) is 17.0 Å². The minimum Gasteiger partial charge on any atom is -0.497 e. The predicted molar refractivity (Wildman–Crippen MR) is 55.8 cm³/mol. The molecule has 0 atom stereocenters. The highest BCUT2D eigenvalue weighted by Crippen LogP contribution is 2.22. The molecule has 0 spiro atoms. The zero-order chi connectivity index (χ0) is 9.84. The number of hydrogen-bond donors (Lipinski definition) is 0. The van der Waals surface area contributed by atoms with Crippen LogP contribution < -0.4 is 4.74 Å². The van der Waals surface area contributed by atoms with Gasteiger partial charge in [-0.25, -0.2) is 4.39 Å². The van der Waals surface area contributed by atoms with E-state index < -0.39 is 0 Å². The van der Waals surface area contributed by atoms with Gasteiger partial charge in [0.05, 0.1) is 7.11 Å². The van der Waals surface area contributed by atoms with E-state index in [-0.39, 0.29) is 5.82 Å². The summed E-state index contributed by atoms with van der Waals surface area (Å²) in [4.78, 5) is 0. The van der Waals surface area contributed by atoms with Crippen molar-refractivity contribution < 1.29 is 9.13 Å². The number of halogens is 2. The number of hydrogen-bond acceptors (Lipinski definition) is 1. The molecule has 13 heavy (non-hydrogen) atoms. The monoisotopic (exact) mass is 244 g/mol. The second-order valence-corrected chi connectivity index (χ2v) is 3.14. The Labute approximate surface area is 85.3 Å². The Morgan fingerprint density at radius 1 is 1.62 bits per heavy atom. The minimum atomic E-state index is -0.302. The first-order valence-electron chi connectivity index (χ1n) is 3.76. The Morgan fingerprint density at radius 2 is 2.31 bits per heavy atom. The smallest absolute Gasteiger partial charge is 0.134 e. The van der Waals surface area contributed by atoms with Gasteiger partial charge in [0.2, 0.25) is 0 Å². The Morgan fingerprint density at radius 3 is 2.77 bits per heavy atom. The van der Waals surface area contributed by atoms with Crippen molar-refractivity contribution in [3.63, 3.8) is 0 Å². The van der Waals surface area contributed by atoms with Crippen LogP contribution in [0, 0.1) is 5.82 Å². The number of alkyl halides is 1. The zero-order valence-electron chi connectivity index (χ0n) is 7.31. The second kappa shape index (κ2) is 4.42. The molecule has 0 fully saturated rings. The number of benzene rings is 1. The molecule has 1 rings (SSSR count). The van der Waals surface area contributed by atoms with Crippen LogP contribution in [-0.4, -0.2) is 12.4 Å². The molecule has 0 saturated carbocycles. The average Bonchev–Trinajstić information content (AvgIpc) is 2.16. The third kappa shape index (κ3) is 2.31. The normalized spacial score (nSPS) is 9.77. The maximum atomic E-state index is 13.3. The molecule has 0 unspecified atom stereocenters. The standard InChI is InChI=1S/C10H10BrFO/c1-7(6-11)9-4-3-8(13-2)5-10(9)12/h3-5H,1,6H2,2H3. The quantitative estimate of drug-likeness (QED) is 0.743. The second-order valence-electron chi connectivity index (χ2n) is 2.58. The van der Waals surface area contributed by atoms with Gasteiger partial charge >= 0.3 is 0 Å². The average molecular weight is 245 g/mol. The van der Waals surface area contributed by atoms with Gasteiger partial charge < -0.3 is 4.74 Å². The molecule has 0 aromatic heterocycles. The van der Waals surface area contributed by atoms with Gasteiger partial charge in [0.15, 0.2) is 0 Å². The van der Waals surface area contributed by atoms with Crippen molar-refractivity contribution in [2.45, 2.75) is 0 Å². The highest BCUT2D eigenvalue weighted by atomic mass is 79.9. The van der Waals surface area contributed by atoms with Crippen LogP contribution in [0.3, 0.4) is 0 Å². The Bertz CT molecular complexity index is 323. The molecule has 0 amide bonds. The Balaban J connectivity index is 3.05. The summed E-state index contributed by atoms with van der Waals surface area (Å²) >= 11 is 3.22. The van der Waals surface area contributed by atoms with Crippen LogP contribution in [0.15, 0.2) is 24.8 Å². The third-order valence-corrected chi connectivity index (χ3v) is 2.40. The number of rotatable bonds is 3. The van der Waals surface area contributed by atoms with E-state index in [4.69, 9.17) is 4.74 Å². The van der Waals surface area contributed by atoms with Crippen LogP contribution in [0.5, 0.6) is 5.75 Å². The van der Waals surface area contributed by atoms with E-state index in [2.05, 4.69) is 22.5 Å². The van der Waals surface area contributed by atoms with Gasteiger partial charge in [0.25, 0.3) is 0 Å². The fraction of sp³-hybridized carbons (Fsp3) is 0.200. The molecule has 0 radical (unpaired) electrons. The van der Waals surface area contributed by atoms with Gasteiger partial charge in [-0.3, -0.25) is 0 Å². The van der Waals surface area contributed by atoms with Crippen molar-refractivity contribution in [1.82, 2.24) is 0 Å². The molecule has 3 heteroatoms. The third-order valence-electron chi connectivity index (χ3n) is 1.72. The lowest BCUT2D eigenvalue weighted by molar-refractivity contribution is 0.411. The van der Waals surface area contributed by atoms with Gasteiger partial charge in [0.1, 0.15) is 11.6 Å². The van der Waals surface area contributed by atoms with Gasteiger partial charge in [-0.1, -0.05) is 22.5 Å². The first-order valence-corrected chi connectivity index (χ1v) is 4.89. The molecule has 1 aromatic carbocycles. The molecule has 0 heterocycles. The number of ether oxygens (including phenoxy) is 1. The van der Waals surface area contributed by atoms with E-state index in [1.807, 2.05) is 0 Å². The highest BCUT2D eigenvalue weighted by Gasteiger charge is 2.05. The lowest BCUT2D eigenvalue weighted by Crippen LogP contribution is -1.91. The van der Waals surface area contributed by atoms with E-state index in [9.17, 15) is 4.39 Å². The zero-order valence-corrected chi connectivity index (χ0v) is 8.90. The largest absolute Gasteiger partial charge is 0.497 e. The van der Waals surface area contributed by atoms with Crippen LogP contribution in [0.2, 0.25) is 0 Å². The molecule has 0 N–H and O–H groups in total. The van der Waals surface area contributed by atoms with Crippen LogP contribution in [0.1, 0.15) is 5.56 Å². The molecular formula is C10H10BrFO.